The largest absolute Gasteiger partial charge is 0.395 e. The standard InChI is InChI=1S/C12H15N3O4/c1-2-5-14(6-7-16)12(17)9-3-4-10(13)11(8-9)15(18)19/h2-4,8,16H,1,5-7,13H2. The summed E-state index contributed by atoms with van der Waals surface area (Å²) in [5.41, 5.74) is 5.30. The average Bonchev–Trinajstić information content (AvgIpc) is 2.38. The van der Waals surface area contributed by atoms with E-state index in [0.29, 0.717) is 0 Å². The van der Waals surface area contributed by atoms with E-state index in [9.17, 15) is 14.9 Å². The van der Waals surface area contributed by atoms with Crippen LogP contribution in [0.1, 0.15) is 10.4 Å². The summed E-state index contributed by atoms with van der Waals surface area (Å²) >= 11 is 0. The molecule has 0 unspecified atom stereocenters. The lowest BCUT2D eigenvalue weighted by atomic mass is 10.1. The van der Waals surface area contributed by atoms with Gasteiger partial charge in [0, 0.05) is 24.7 Å². The lowest BCUT2D eigenvalue weighted by molar-refractivity contribution is -0.383. The second-order valence-corrected chi connectivity index (χ2v) is 3.79. The van der Waals surface area contributed by atoms with Gasteiger partial charge in [-0.15, -0.1) is 6.58 Å². The van der Waals surface area contributed by atoms with Gasteiger partial charge in [-0.25, -0.2) is 0 Å². The lowest BCUT2D eigenvalue weighted by Gasteiger charge is -2.19. The summed E-state index contributed by atoms with van der Waals surface area (Å²) in [6.45, 7) is 3.69. The molecule has 0 radical (unpaired) electrons. The van der Waals surface area contributed by atoms with Crippen LogP contribution in [0, 0.1) is 10.1 Å². The highest BCUT2D eigenvalue weighted by atomic mass is 16.6. The molecule has 19 heavy (non-hydrogen) atoms. The highest BCUT2D eigenvalue weighted by Gasteiger charge is 2.19. The minimum absolute atomic E-state index is 0.000945. The Hall–Kier alpha value is -2.41. The number of nitrogens with zero attached hydrogens (tertiary/aromatic N) is 2. The van der Waals surface area contributed by atoms with Gasteiger partial charge in [0.1, 0.15) is 5.69 Å². The van der Waals surface area contributed by atoms with Crippen molar-refractivity contribution in [3.05, 3.63) is 46.5 Å². The van der Waals surface area contributed by atoms with Crippen LogP contribution in [0.4, 0.5) is 11.4 Å². The summed E-state index contributed by atoms with van der Waals surface area (Å²) in [7, 11) is 0. The number of aliphatic hydroxyl groups is 1. The summed E-state index contributed by atoms with van der Waals surface area (Å²) in [4.78, 5) is 23.6. The van der Waals surface area contributed by atoms with Gasteiger partial charge in [-0.2, -0.15) is 0 Å². The fourth-order valence-electron chi connectivity index (χ4n) is 1.57. The highest BCUT2D eigenvalue weighted by molar-refractivity contribution is 5.95. The molecule has 0 aliphatic carbocycles. The van der Waals surface area contributed by atoms with Crippen LogP contribution in [0.25, 0.3) is 0 Å². The normalized spacial score (nSPS) is 9.95. The van der Waals surface area contributed by atoms with Crippen molar-refractivity contribution < 1.29 is 14.8 Å². The average molecular weight is 265 g/mol. The predicted octanol–water partition coefficient (Wildman–Crippen LogP) is 0.798. The molecule has 0 fully saturated rings. The van der Waals surface area contributed by atoms with Crippen LogP contribution in [0.2, 0.25) is 0 Å². The first-order valence-corrected chi connectivity index (χ1v) is 5.56. The number of rotatable bonds is 6. The van der Waals surface area contributed by atoms with Crippen molar-refractivity contribution in [2.24, 2.45) is 0 Å². The molecular weight excluding hydrogens is 250 g/mol. The second-order valence-electron chi connectivity index (χ2n) is 3.79. The van der Waals surface area contributed by atoms with E-state index in [2.05, 4.69) is 6.58 Å². The third-order valence-corrected chi connectivity index (χ3v) is 2.48. The number of nitrogen functional groups attached to an aromatic ring is 1. The second kappa shape index (κ2) is 6.50. The monoisotopic (exact) mass is 265 g/mol. The molecule has 0 saturated heterocycles. The van der Waals surface area contributed by atoms with Crippen LogP contribution in [0.3, 0.4) is 0 Å². The molecular formula is C12H15N3O4. The first-order valence-electron chi connectivity index (χ1n) is 5.56. The van der Waals surface area contributed by atoms with Gasteiger partial charge in [-0.05, 0) is 12.1 Å². The molecule has 0 aliphatic rings. The molecule has 1 amide bonds. The van der Waals surface area contributed by atoms with Crippen LogP contribution < -0.4 is 5.73 Å². The van der Waals surface area contributed by atoms with E-state index in [1.807, 2.05) is 0 Å². The summed E-state index contributed by atoms with van der Waals surface area (Å²) in [5, 5.41) is 19.7. The highest BCUT2D eigenvalue weighted by Crippen LogP contribution is 2.23. The Morgan fingerprint density at radius 2 is 2.26 bits per heavy atom. The quantitative estimate of drug-likeness (QED) is 0.342. The van der Waals surface area contributed by atoms with Crippen molar-refractivity contribution in [2.45, 2.75) is 0 Å². The first-order chi connectivity index (χ1) is 9.01. The number of anilines is 1. The summed E-state index contributed by atoms with van der Waals surface area (Å²) in [6, 6.07) is 3.86. The molecule has 0 atom stereocenters. The molecule has 7 nitrogen and oxygen atoms in total. The van der Waals surface area contributed by atoms with Gasteiger partial charge >= 0.3 is 0 Å². The van der Waals surface area contributed by atoms with Gasteiger partial charge in [0.05, 0.1) is 11.5 Å². The summed E-state index contributed by atoms with van der Waals surface area (Å²) in [5.74, 6) is -0.419. The number of hydrogen-bond acceptors (Lipinski definition) is 5. The van der Waals surface area contributed by atoms with E-state index in [4.69, 9.17) is 10.8 Å². The van der Waals surface area contributed by atoms with Crippen LogP contribution in [-0.4, -0.2) is 40.5 Å². The SMILES string of the molecule is C=CCN(CCO)C(=O)c1ccc(N)c([N+](=O)[O-])c1. The Balaban J connectivity index is 3.07. The molecule has 7 heteroatoms. The van der Waals surface area contributed by atoms with E-state index in [0.717, 1.165) is 6.07 Å². The molecule has 0 spiro atoms. The van der Waals surface area contributed by atoms with Gasteiger partial charge in [-0.3, -0.25) is 14.9 Å². The first kappa shape index (κ1) is 14.7. The van der Waals surface area contributed by atoms with Crippen molar-refractivity contribution in [2.75, 3.05) is 25.4 Å². The summed E-state index contributed by atoms with van der Waals surface area (Å²) in [6.07, 6.45) is 1.51. The third kappa shape index (κ3) is 3.52. The smallest absolute Gasteiger partial charge is 0.292 e. The number of amides is 1. The number of hydrogen-bond donors (Lipinski definition) is 2. The van der Waals surface area contributed by atoms with Gasteiger partial charge in [-0.1, -0.05) is 6.08 Å². The number of carbonyl (C=O) groups excluding carboxylic acids is 1. The van der Waals surface area contributed by atoms with Gasteiger partial charge in [0.2, 0.25) is 0 Å². The summed E-state index contributed by atoms with van der Waals surface area (Å²) < 4.78 is 0. The minimum Gasteiger partial charge on any atom is -0.395 e. The van der Waals surface area contributed by atoms with E-state index in [1.54, 1.807) is 0 Å². The zero-order chi connectivity index (χ0) is 14.4. The fraction of sp³-hybridized carbons (Fsp3) is 0.250. The maximum absolute atomic E-state index is 12.1. The molecule has 102 valence electrons. The van der Waals surface area contributed by atoms with Crippen molar-refractivity contribution in [1.29, 1.82) is 0 Å². The molecule has 0 bridgehead atoms. The van der Waals surface area contributed by atoms with E-state index >= 15 is 0 Å². The minimum atomic E-state index is -0.643. The number of nitro groups is 1. The fourth-order valence-corrected chi connectivity index (χ4v) is 1.57. The van der Waals surface area contributed by atoms with Crippen molar-refractivity contribution >= 4 is 17.3 Å². The Bertz CT molecular complexity index is 502. The number of benzene rings is 1. The Labute approximate surface area is 110 Å². The molecule has 1 rings (SSSR count). The molecule has 3 N–H and O–H groups in total. The molecule has 0 saturated carbocycles. The third-order valence-electron chi connectivity index (χ3n) is 2.48. The van der Waals surface area contributed by atoms with E-state index in [-0.39, 0.29) is 36.6 Å². The van der Waals surface area contributed by atoms with Crippen LogP contribution in [0.15, 0.2) is 30.9 Å². The topological polar surface area (TPSA) is 110 Å². The zero-order valence-corrected chi connectivity index (χ0v) is 10.3. The Morgan fingerprint density at radius 3 is 2.79 bits per heavy atom. The number of nitrogens with two attached hydrogens (primary N) is 1. The Morgan fingerprint density at radius 1 is 1.58 bits per heavy atom. The van der Waals surface area contributed by atoms with E-state index < -0.39 is 10.8 Å². The van der Waals surface area contributed by atoms with Crippen LogP contribution in [0.5, 0.6) is 0 Å². The predicted molar refractivity (Wildman–Crippen MR) is 70.7 cm³/mol. The Kier molecular flexibility index (Phi) is 5.01. The molecule has 0 aromatic heterocycles. The number of carbonyl (C=O) groups is 1. The number of aliphatic hydroxyl groups excluding tert-OH is 1. The molecule has 1 aromatic rings. The maximum Gasteiger partial charge on any atom is 0.292 e. The van der Waals surface area contributed by atoms with Gasteiger partial charge in [0.15, 0.2) is 0 Å². The number of nitro benzene ring substituents is 1. The van der Waals surface area contributed by atoms with Gasteiger partial charge in [0.25, 0.3) is 11.6 Å². The van der Waals surface area contributed by atoms with Gasteiger partial charge < -0.3 is 15.7 Å². The maximum atomic E-state index is 12.1. The van der Waals surface area contributed by atoms with E-state index in [1.165, 1.54) is 23.1 Å². The van der Waals surface area contributed by atoms with Crippen LogP contribution in [-0.2, 0) is 0 Å². The van der Waals surface area contributed by atoms with Crippen molar-refractivity contribution in [1.82, 2.24) is 4.90 Å². The zero-order valence-electron chi connectivity index (χ0n) is 10.3. The van der Waals surface area contributed by atoms with Crippen molar-refractivity contribution in [3.8, 4) is 0 Å². The molecule has 0 heterocycles. The molecule has 1 aromatic carbocycles. The lowest BCUT2D eigenvalue weighted by Crippen LogP contribution is -2.33. The van der Waals surface area contributed by atoms with Crippen molar-refractivity contribution in [3.63, 3.8) is 0 Å². The van der Waals surface area contributed by atoms with Crippen LogP contribution >= 0.6 is 0 Å². The molecule has 0 aliphatic heterocycles.